The van der Waals surface area contributed by atoms with Gasteiger partial charge in [0.05, 0.1) is 10.6 Å². The van der Waals surface area contributed by atoms with Crippen LogP contribution in [0.5, 0.6) is 0 Å². The Kier molecular flexibility index (Phi) is 5.09. The molecule has 0 saturated carbocycles. The van der Waals surface area contributed by atoms with Gasteiger partial charge in [-0.2, -0.15) is 0 Å². The maximum Gasteiger partial charge on any atom is 0.264 e. The van der Waals surface area contributed by atoms with Gasteiger partial charge in [0.1, 0.15) is 0 Å². The number of amidine groups is 1. The van der Waals surface area contributed by atoms with Crippen LogP contribution in [0.15, 0.2) is 64.6 Å². The number of hydrogen-bond donors (Lipinski definition) is 1. The minimum atomic E-state index is -0.101. The van der Waals surface area contributed by atoms with Gasteiger partial charge in [-0.3, -0.25) is 4.79 Å². The van der Waals surface area contributed by atoms with Crippen molar-refractivity contribution in [3.8, 4) is 0 Å². The van der Waals surface area contributed by atoms with Gasteiger partial charge in [-0.15, -0.1) is 0 Å². The lowest BCUT2D eigenvalue weighted by Gasteiger charge is -2.12. The van der Waals surface area contributed by atoms with Crippen LogP contribution in [0.25, 0.3) is 17.0 Å². The molecule has 0 radical (unpaired) electrons. The lowest BCUT2D eigenvalue weighted by Crippen LogP contribution is -2.19. The lowest BCUT2D eigenvalue weighted by molar-refractivity contribution is -0.115. The van der Waals surface area contributed by atoms with E-state index in [2.05, 4.69) is 53.1 Å². The van der Waals surface area contributed by atoms with Crippen molar-refractivity contribution in [2.24, 2.45) is 4.99 Å². The highest BCUT2D eigenvalue weighted by Crippen LogP contribution is 2.32. The van der Waals surface area contributed by atoms with Crippen molar-refractivity contribution in [3.63, 3.8) is 0 Å². The van der Waals surface area contributed by atoms with Gasteiger partial charge in [0, 0.05) is 28.7 Å². The van der Waals surface area contributed by atoms with E-state index >= 15 is 0 Å². The molecule has 28 heavy (non-hydrogen) atoms. The Labute approximate surface area is 169 Å². The van der Waals surface area contributed by atoms with Crippen LogP contribution in [0.1, 0.15) is 37.4 Å². The predicted molar refractivity (Wildman–Crippen MR) is 119 cm³/mol. The Morgan fingerprint density at radius 2 is 1.93 bits per heavy atom. The zero-order valence-corrected chi connectivity index (χ0v) is 17.1. The van der Waals surface area contributed by atoms with Crippen molar-refractivity contribution < 1.29 is 4.79 Å². The number of aryl methyl sites for hydroxylation is 1. The van der Waals surface area contributed by atoms with Crippen molar-refractivity contribution in [2.45, 2.75) is 33.2 Å². The van der Waals surface area contributed by atoms with Gasteiger partial charge >= 0.3 is 0 Å². The molecule has 142 valence electrons. The van der Waals surface area contributed by atoms with Crippen LogP contribution in [-0.4, -0.2) is 15.6 Å². The van der Waals surface area contributed by atoms with E-state index in [-0.39, 0.29) is 5.91 Å². The third-order valence-corrected chi connectivity index (χ3v) is 5.95. The zero-order valence-electron chi connectivity index (χ0n) is 16.3. The van der Waals surface area contributed by atoms with Gasteiger partial charge in [-0.1, -0.05) is 42.8 Å². The van der Waals surface area contributed by atoms with E-state index in [9.17, 15) is 4.79 Å². The first-order valence-electron chi connectivity index (χ1n) is 9.51. The zero-order chi connectivity index (χ0) is 19.7. The number of aromatic nitrogens is 1. The number of carbonyl (C=O) groups excluding carboxylic acids is 1. The van der Waals surface area contributed by atoms with Gasteiger partial charge in [0.15, 0.2) is 5.17 Å². The Morgan fingerprint density at radius 3 is 2.68 bits per heavy atom. The van der Waals surface area contributed by atoms with Crippen molar-refractivity contribution in [1.29, 1.82) is 0 Å². The molecule has 1 aromatic heterocycles. The molecule has 3 aromatic rings. The van der Waals surface area contributed by atoms with Gasteiger partial charge in [-0.05, 0) is 56.3 Å². The summed E-state index contributed by atoms with van der Waals surface area (Å²) in [5, 5.41) is 4.65. The molecule has 1 amide bonds. The molecule has 0 bridgehead atoms. The van der Waals surface area contributed by atoms with E-state index in [1.54, 1.807) is 0 Å². The fourth-order valence-corrected chi connectivity index (χ4v) is 4.10. The van der Waals surface area contributed by atoms with Gasteiger partial charge in [0.2, 0.25) is 0 Å². The monoisotopic (exact) mass is 389 g/mol. The van der Waals surface area contributed by atoms with Crippen molar-refractivity contribution >= 4 is 45.5 Å². The molecule has 1 fully saturated rings. The largest absolute Gasteiger partial charge is 0.344 e. The number of hydrogen-bond acceptors (Lipinski definition) is 3. The minimum absolute atomic E-state index is 0.101. The first kappa shape index (κ1) is 18.6. The van der Waals surface area contributed by atoms with Crippen LogP contribution in [0, 0.1) is 6.92 Å². The quantitative estimate of drug-likeness (QED) is 0.572. The number of nitrogens with zero attached hydrogens (tertiary/aromatic N) is 2. The van der Waals surface area contributed by atoms with E-state index in [1.807, 2.05) is 43.3 Å². The molecular weight excluding hydrogens is 366 g/mol. The molecule has 1 saturated heterocycles. The number of carbonyl (C=O) groups is 1. The molecule has 1 atom stereocenters. The van der Waals surface area contributed by atoms with Crippen LogP contribution >= 0.6 is 11.8 Å². The SMILES string of the molecule is CC[C@@H](C)n1cc(/C=C2/SC(=Nc3ccc(C)cc3)NC2=O)c2ccccc21. The molecule has 0 aliphatic carbocycles. The highest BCUT2D eigenvalue weighted by atomic mass is 32.2. The fourth-order valence-electron chi connectivity index (χ4n) is 3.27. The summed E-state index contributed by atoms with van der Waals surface area (Å²) in [5.74, 6) is -0.101. The number of para-hydroxylation sites is 1. The van der Waals surface area contributed by atoms with Crippen LogP contribution in [0.2, 0.25) is 0 Å². The summed E-state index contributed by atoms with van der Waals surface area (Å²) < 4.78 is 2.29. The molecule has 4 nitrogen and oxygen atoms in total. The molecule has 1 N–H and O–H groups in total. The summed E-state index contributed by atoms with van der Waals surface area (Å²) in [6.07, 6.45) is 5.17. The number of rotatable bonds is 4. The third-order valence-electron chi connectivity index (χ3n) is 5.04. The molecule has 4 rings (SSSR count). The third kappa shape index (κ3) is 3.62. The summed E-state index contributed by atoms with van der Waals surface area (Å²) in [6, 6.07) is 16.7. The molecule has 1 aliphatic heterocycles. The molecule has 5 heteroatoms. The topological polar surface area (TPSA) is 46.4 Å². The average molecular weight is 390 g/mol. The van der Waals surface area contributed by atoms with Crippen LogP contribution < -0.4 is 5.32 Å². The summed E-state index contributed by atoms with van der Waals surface area (Å²) >= 11 is 1.39. The maximum absolute atomic E-state index is 12.5. The Balaban J connectivity index is 1.68. The molecule has 2 heterocycles. The second kappa shape index (κ2) is 7.68. The summed E-state index contributed by atoms with van der Waals surface area (Å²) in [5.41, 5.74) is 4.28. The molecule has 1 aliphatic rings. The number of benzene rings is 2. The second-order valence-corrected chi connectivity index (χ2v) is 8.11. The smallest absolute Gasteiger partial charge is 0.264 e. The Hall–Kier alpha value is -2.79. The lowest BCUT2D eigenvalue weighted by atomic mass is 10.1. The summed E-state index contributed by atoms with van der Waals surface area (Å²) in [4.78, 5) is 17.7. The Morgan fingerprint density at radius 1 is 1.18 bits per heavy atom. The number of aliphatic imine (C=N–C) groups is 1. The molecule has 0 unspecified atom stereocenters. The average Bonchev–Trinajstić information content (AvgIpc) is 3.24. The number of thioether (sulfide) groups is 1. The van der Waals surface area contributed by atoms with Crippen LogP contribution in [0.4, 0.5) is 5.69 Å². The summed E-state index contributed by atoms with van der Waals surface area (Å²) in [6.45, 7) is 6.44. The van der Waals surface area contributed by atoms with Gasteiger partial charge < -0.3 is 9.88 Å². The minimum Gasteiger partial charge on any atom is -0.344 e. The first-order valence-corrected chi connectivity index (χ1v) is 10.3. The predicted octanol–water partition coefficient (Wildman–Crippen LogP) is 5.81. The highest BCUT2D eigenvalue weighted by Gasteiger charge is 2.24. The van der Waals surface area contributed by atoms with E-state index in [4.69, 9.17) is 0 Å². The van der Waals surface area contributed by atoms with E-state index in [0.29, 0.717) is 16.1 Å². The standard InChI is InChI=1S/C23H23N3OS/c1-4-16(3)26-14-17(19-7-5-6-8-20(19)26)13-21-22(27)25-23(28-21)24-18-11-9-15(2)10-12-18/h5-14,16H,4H2,1-3H3,(H,24,25,27)/b21-13+/t16-/m1/s1. The number of amides is 1. The summed E-state index contributed by atoms with van der Waals surface area (Å²) in [7, 11) is 0. The maximum atomic E-state index is 12.5. The Bertz CT molecular complexity index is 1090. The van der Waals surface area contributed by atoms with Crippen LogP contribution in [-0.2, 0) is 4.79 Å². The van der Waals surface area contributed by atoms with Gasteiger partial charge in [0.25, 0.3) is 5.91 Å². The second-order valence-electron chi connectivity index (χ2n) is 7.08. The fraction of sp³-hybridized carbons (Fsp3) is 0.217. The normalized spacial score (nSPS) is 18.2. The van der Waals surface area contributed by atoms with E-state index in [1.165, 1.54) is 22.8 Å². The highest BCUT2D eigenvalue weighted by molar-refractivity contribution is 8.18. The number of nitrogens with one attached hydrogen (secondary N) is 1. The molecule has 0 spiro atoms. The molecule has 2 aromatic carbocycles. The number of fused-ring (bicyclic) bond motifs is 1. The van der Waals surface area contributed by atoms with Gasteiger partial charge in [-0.25, -0.2) is 4.99 Å². The molecular formula is C23H23N3OS. The van der Waals surface area contributed by atoms with Crippen LogP contribution in [0.3, 0.4) is 0 Å². The first-order chi connectivity index (χ1) is 13.5. The van der Waals surface area contributed by atoms with Crippen molar-refractivity contribution in [3.05, 3.63) is 70.8 Å². The van der Waals surface area contributed by atoms with Crippen molar-refractivity contribution in [2.75, 3.05) is 0 Å². The van der Waals surface area contributed by atoms with E-state index in [0.717, 1.165) is 23.1 Å². The van der Waals surface area contributed by atoms with Crippen molar-refractivity contribution in [1.82, 2.24) is 9.88 Å². The van der Waals surface area contributed by atoms with E-state index < -0.39 is 0 Å².